The number of hydrogen-bond acceptors (Lipinski definition) is 5. The molecule has 2 saturated heterocycles. The molecule has 142 valence electrons. The molecule has 0 saturated carbocycles. The number of piperazine rings is 1. The highest BCUT2D eigenvalue weighted by molar-refractivity contribution is 7.90. The third-order valence-corrected chi connectivity index (χ3v) is 6.11. The van der Waals surface area contributed by atoms with Gasteiger partial charge in [0.25, 0.3) is 5.91 Å². The van der Waals surface area contributed by atoms with E-state index in [1.54, 1.807) is 17.0 Å². The molecule has 2 amide bonds. The molecule has 0 bridgehead atoms. The molecule has 2 fully saturated rings. The molecule has 0 radical (unpaired) electrons. The third-order valence-electron chi connectivity index (χ3n) is 5.00. The minimum atomic E-state index is -3.35. The molecular formula is C18H25N3O4S. The van der Waals surface area contributed by atoms with Crippen LogP contribution in [0, 0.1) is 0 Å². The highest BCUT2D eigenvalue weighted by atomic mass is 32.2. The van der Waals surface area contributed by atoms with E-state index in [-0.39, 0.29) is 22.8 Å². The first kappa shape index (κ1) is 18.8. The van der Waals surface area contributed by atoms with Crippen molar-refractivity contribution in [2.45, 2.75) is 30.2 Å². The van der Waals surface area contributed by atoms with Crippen molar-refractivity contribution in [3.8, 4) is 0 Å². The maximum Gasteiger partial charge on any atom is 0.254 e. The Balaban J connectivity index is 1.61. The molecule has 3 rings (SSSR count). The quantitative estimate of drug-likeness (QED) is 0.827. The zero-order chi connectivity index (χ0) is 18.7. The van der Waals surface area contributed by atoms with Gasteiger partial charge < -0.3 is 15.1 Å². The van der Waals surface area contributed by atoms with Gasteiger partial charge in [-0.2, -0.15) is 0 Å². The first-order valence-electron chi connectivity index (χ1n) is 8.98. The highest BCUT2D eigenvalue weighted by Gasteiger charge is 2.30. The van der Waals surface area contributed by atoms with Crippen molar-refractivity contribution in [2.24, 2.45) is 0 Å². The van der Waals surface area contributed by atoms with E-state index in [4.69, 9.17) is 0 Å². The van der Waals surface area contributed by atoms with E-state index < -0.39 is 9.84 Å². The fraction of sp³-hybridized carbons (Fsp3) is 0.556. The zero-order valence-electron chi connectivity index (χ0n) is 15.0. The Morgan fingerprint density at radius 1 is 1.08 bits per heavy atom. The van der Waals surface area contributed by atoms with Gasteiger partial charge in [0.05, 0.1) is 10.9 Å². The Morgan fingerprint density at radius 2 is 1.77 bits per heavy atom. The summed E-state index contributed by atoms with van der Waals surface area (Å²) >= 11 is 0. The van der Waals surface area contributed by atoms with Crippen molar-refractivity contribution in [2.75, 3.05) is 39.0 Å². The average Bonchev–Trinajstić information content (AvgIpc) is 2.67. The lowest BCUT2D eigenvalue weighted by Gasteiger charge is -2.37. The molecule has 2 heterocycles. The van der Waals surface area contributed by atoms with Crippen LogP contribution < -0.4 is 5.32 Å². The molecule has 8 heteroatoms. The third kappa shape index (κ3) is 4.24. The summed E-state index contributed by atoms with van der Waals surface area (Å²) in [6.45, 7) is 2.81. The molecule has 0 aromatic heterocycles. The minimum Gasteiger partial charge on any atom is -0.338 e. The van der Waals surface area contributed by atoms with Crippen LogP contribution in [0.15, 0.2) is 29.2 Å². The summed E-state index contributed by atoms with van der Waals surface area (Å²) in [6, 6.07) is 6.01. The van der Waals surface area contributed by atoms with Gasteiger partial charge in [0.1, 0.15) is 0 Å². The summed E-state index contributed by atoms with van der Waals surface area (Å²) in [5.41, 5.74) is 0.363. The second kappa shape index (κ2) is 7.75. The number of rotatable bonds is 3. The predicted octanol–water partition coefficient (Wildman–Crippen LogP) is 0.517. The first-order chi connectivity index (χ1) is 12.4. The molecule has 7 nitrogen and oxygen atoms in total. The number of carbonyl (C=O) groups is 2. The summed E-state index contributed by atoms with van der Waals surface area (Å²) < 4.78 is 23.4. The van der Waals surface area contributed by atoms with Crippen LogP contribution in [0.25, 0.3) is 0 Å². The van der Waals surface area contributed by atoms with E-state index in [1.807, 2.05) is 4.90 Å². The Labute approximate surface area is 154 Å². The SMILES string of the molecule is CS(=O)(=O)c1cccc(C(=O)N2CCN(C(=O)C3CCCCN3)CC2)c1. The molecule has 1 N–H and O–H groups in total. The topological polar surface area (TPSA) is 86.8 Å². The van der Waals surface area contributed by atoms with Gasteiger partial charge in [-0.15, -0.1) is 0 Å². The van der Waals surface area contributed by atoms with Crippen molar-refractivity contribution in [1.29, 1.82) is 0 Å². The van der Waals surface area contributed by atoms with E-state index in [0.29, 0.717) is 31.7 Å². The maximum atomic E-state index is 12.7. The second-order valence-electron chi connectivity index (χ2n) is 6.92. The number of benzene rings is 1. The monoisotopic (exact) mass is 379 g/mol. The van der Waals surface area contributed by atoms with Gasteiger partial charge in [0.15, 0.2) is 9.84 Å². The molecule has 0 spiro atoms. The minimum absolute atomic E-state index is 0.0996. The number of carbonyl (C=O) groups excluding carboxylic acids is 2. The van der Waals surface area contributed by atoms with Gasteiger partial charge >= 0.3 is 0 Å². The number of nitrogens with zero attached hydrogens (tertiary/aromatic N) is 2. The molecule has 1 aromatic carbocycles. The predicted molar refractivity (Wildman–Crippen MR) is 97.7 cm³/mol. The van der Waals surface area contributed by atoms with E-state index in [2.05, 4.69) is 5.32 Å². The fourth-order valence-corrected chi connectivity index (χ4v) is 4.12. The van der Waals surface area contributed by atoms with Crippen LogP contribution in [-0.4, -0.2) is 75.1 Å². The van der Waals surface area contributed by atoms with Crippen LogP contribution in [0.1, 0.15) is 29.6 Å². The van der Waals surface area contributed by atoms with Gasteiger partial charge in [-0.25, -0.2) is 8.42 Å². The molecule has 1 aromatic rings. The van der Waals surface area contributed by atoms with Crippen LogP contribution in [0.2, 0.25) is 0 Å². The summed E-state index contributed by atoms with van der Waals surface area (Å²) in [4.78, 5) is 28.9. The highest BCUT2D eigenvalue weighted by Crippen LogP contribution is 2.16. The largest absolute Gasteiger partial charge is 0.338 e. The second-order valence-corrected chi connectivity index (χ2v) is 8.94. The van der Waals surface area contributed by atoms with Gasteiger partial charge in [-0.3, -0.25) is 9.59 Å². The Hall–Kier alpha value is -1.93. The molecule has 1 unspecified atom stereocenters. The summed E-state index contributed by atoms with van der Waals surface area (Å²) in [6.07, 6.45) is 4.17. The number of nitrogens with one attached hydrogen (secondary N) is 1. The molecule has 1 atom stereocenters. The van der Waals surface area contributed by atoms with Crippen molar-refractivity contribution in [3.63, 3.8) is 0 Å². The Kier molecular flexibility index (Phi) is 5.62. The smallest absolute Gasteiger partial charge is 0.254 e. The van der Waals surface area contributed by atoms with Gasteiger partial charge in [0.2, 0.25) is 5.91 Å². The van der Waals surface area contributed by atoms with E-state index >= 15 is 0 Å². The Morgan fingerprint density at radius 3 is 2.38 bits per heavy atom. The normalized spacial score (nSPS) is 21.5. The van der Waals surface area contributed by atoms with Crippen molar-refractivity contribution >= 4 is 21.7 Å². The van der Waals surface area contributed by atoms with Gasteiger partial charge in [-0.1, -0.05) is 12.5 Å². The lowest BCUT2D eigenvalue weighted by Crippen LogP contribution is -2.55. The lowest BCUT2D eigenvalue weighted by atomic mass is 10.0. The van der Waals surface area contributed by atoms with Crippen LogP contribution in [0.3, 0.4) is 0 Å². The van der Waals surface area contributed by atoms with Crippen LogP contribution >= 0.6 is 0 Å². The number of sulfone groups is 1. The van der Waals surface area contributed by atoms with Gasteiger partial charge in [-0.05, 0) is 37.6 Å². The standard InChI is InChI=1S/C18H25N3O4S/c1-26(24,25)15-6-4-5-14(13-15)17(22)20-9-11-21(12-10-20)18(23)16-7-2-3-8-19-16/h4-6,13,16,19H,2-3,7-12H2,1H3. The molecule has 26 heavy (non-hydrogen) atoms. The van der Waals surface area contributed by atoms with Crippen LogP contribution in [-0.2, 0) is 14.6 Å². The fourth-order valence-electron chi connectivity index (χ4n) is 3.46. The van der Waals surface area contributed by atoms with Crippen molar-refractivity contribution < 1.29 is 18.0 Å². The Bertz CT molecular complexity index is 779. The summed E-state index contributed by atoms with van der Waals surface area (Å²) in [5.74, 6) is -0.0748. The number of piperidine rings is 1. The molecule has 0 aliphatic carbocycles. The van der Waals surface area contributed by atoms with Crippen molar-refractivity contribution in [1.82, 2.24) is 15.1 Å². The molecular weight excluding hydrogens is 354 g/mol. The molecule has 2 aliphatic heterocycles. The number of hydrogen-bond donors (Lipinski definition) is 1. The lowest BCUT2D eigenvalue weighted by molar-refractivity contribution is -0.135. The average molecular weight is 379 g/mol. The van der Waals surface area contributed by atoms with Gasteiger partial charge in [0, 0.05) is 38.0 Å². The first-order valence-corrected chi connectivity index (χ1v) is 10.9. The van der Waals surface area contributed by atoms with Crippen molar-refractivity contribution in [3.05, 3.63) is 29.8 Å². The van der Waals surface area contributed by atoms with Crippen LogP contribution in [0.4, 0.5) is 0 Å². The zero-order valence-corrected chi connectivity index (χ0v) is 15.8. The van der Waals surface area contributed by atoms with E-state index in [9.17, 15) is 18.0 Å². The summed E-state index contributed by atoms with van der Waals surface area (Å²) in [5, 5.41) is 3.27. The number of amides is 2. The maximum absolute atomic E-state index is 12.7. The van der Waals surface area contributed by atoms with Crippen LogP contribution in [0.5, 0.6) is 0 Å². The summed E-state index contributed by atoms with van der Waals surface area (Å²) in [7, 11) is -3.35. The molecule has 2 aliphatic rings. The van der Waals surface area contributed by atoms with E-state index in [1.165, 1.54) is 12.1 Å². The van der Waals surface area contributed by atoms with E-state index in [0.717, 1.165) is 32.1 Å².